The lowest BCUT2D eigenvalue weighted by molar-refractivity contribution is 0.876. The summed E-state index contributed by atoms with van der Waals surface area (Å²) < 4.78 is 0. The number of hydrogen-bond acceptors (Lipinski definition) is 1. The quantitative estimate of drug-likeness (QED) is 0.697. The van der Waals surface area contributed by atoms with Gasteiger partial charge in [0.1, 0.15) is 0 Å². The molecule has 2 rings (SSSR count). The molecule has 0 saturated heterocycles. The number of pyridine rings is 1. The van der Waals surface area contributed by atoms with Crippen LogP contribution in [0.2, 0.25) is 0 Å². The van der Waals surface area contributed by atoms with Crippen LogP contribution in [0.4, 0.5) is 0 Å². The summed E-state index contributed by atoms with van der Waals surface area (Å²) in [6.45, 7) is 4.36. The molecule has 1 aromatic heterocycles. The summed E-state index contributed by atoms with van der Waals surface area (Å²) in [5.41, 5.74) is 2.58. The van der Waals surface area contributed by atoms with Gasteiger partial charge in [0.15, 0.2) is 0 Å². The van der Waals surface area contributed by atoms with Gasteiger partial charge >= 0.3 is 0 Å². The minimum absolute atomic E-state index is 1.08. The molecule has 14 heavy (non-hydrogen) atoms. The third-order valence-electron chi connectivity index (χ3n) is 2.64. The second-order valence-corrected chi connectivity index (χ2v) is 3.67. The molecule has 0 amide bonds. The van der Waals surface area contributed by atoms with E-state index in [1.807, 2.05) is 6.20 Å². The van der Waals surface area contributed by atoms with Gasteiger partial charge in [0, 0.05) is 17.3 Å². The molecule has 0 bridgehead atoms. The number of benzene rings is 1. The summed E-state index contributed by atoms with van der Waals surface area (Å²) in [5.74, 6) is 0. The first-order chi connectivity index (χ1) is 6.83. The Morgan fingerprint density at radius 3 is 2.79 bits per heavy atom. The molecule has 1 aromatic carbocycles. The minimum Gasteiger partial charge on any atom is -0.260 e. The van der Waals surface area contributed by atoms with Crippen LogP contribution < -0.4 is 0 Å². The number of fused-ring (bicyclic) bond motifs is 1. The molecule has 0 saturated carbocycles. The van der Waals surface area contributed by atoms with Gasteiger partial charge in [0.2, 0.25) is 0 Å². The molecule has 0 fully saturated rings. The Labute approximate surface area is 84.8 Å². The van der Waals surface area contributed by atoms with Crippen LogP contribution in [-0.4, -0.2) is 4.98 Å². The maximum atomic E-state index is 4.50. The largest absolute Gasteiger partial charge is 0.260 e. The van der Waals surface area contributed by atoms with E-state index in [1.165, 1.54) is 22.0 Å². The molecule has 0 unspecified atom stereocenters. The Balaban J connectivity index is 2.63. The van der Waals surface area contributed by atoms with Crippen LogP contribution in [-0.2, 0) is 6.42 Å². The van der Waals surface area contributed by atoms with E-state index < -0.39 is 0 Å². The van der Waals surface area contributed by atoms with Crippen molar-refractivity contribution in [2.45, 2.75) is 26.7 Å². The molecule has 1 heterocycles. The van der Waals surface area contributed by atoms with E-state index in [1.54, 1.807) is 0 Å². The van der Waals surface area contributed by atoms with Crippen molar-refractivity contribution in [1.29, 1.82) is 0 Å². The Morgan fingerprint density at radius 1 is 1.21 bits per heavy atom. The summed E-state index contributed by atoms with van der Waals surface area (Å²) in [7, 11) is 0. The smallest absolute Gasteiger partial charge is 0.0439 e. The molecule has 0 atom stereocenters. The fourth-order valence-electron chi connectivity index (χ4n) is 1.84. The second kappa shape index (κ2) is 3.79. The van der Waals surface area contributed by atoms with Crippen LogP contribution in [0.25, 0.3) is 10.8 Å². The molecule has 0 N–H and O–H groups in total. The van der Waals surface area contributed by atoms with Gasteiger partial charge < -0.3 is 0 Å². The van der Waals surface area contributed by atoms with Crippen molar-refractivity contribution in [2.75, 3.05) is 0 Å². The third-order valence-corrected chi connectivity index (χ3v) is 2.64. The summed E-state index contributed by atoms with van der Waals surface area (Å²) in [6.07, 6.45) is 4.22. The van der Waals surface area contributed by atoms with E-state index in [-0.39, 0.29) is 0 Å². The fourth-order valence-corrected chi connectivity index (χ4v) is 1.84. The van der Waals surface area contributed by atoms with E-state index >= 15 is 0 Å². The number of aromatic nitrogens is 1. The number of rotatable bonds is 2. The summed E-state index contributed by atoms with van der Waals surface area (Å²) in [4.78, 5) is 4.50. The van der Waals surface area contributed by atoms with Crippen molar-refractivity contribution in [3.05, 3.63) is 41.7 Å². The molecule has 72 valence electrons. The Morgan fingerprint density at radius 2 is 2.00 bits per heavy atom. The van der Waals surface area contributed by atoms with Crippen LogP contribution in [0.1, 0.15) is 24.6 Å². The summed E-state index contributed by atoms with van der Waals surface area (Å²) in [5, 5.41) is 2.58. The molecule has 0 aliphatic heterocycles. The average Bonchev–Trinajstić information content (AvgIpc) is 2.23. The lowest BCUT2D eigenvalue weighted by Gasteiger charge is -2.06. The zero-order chi connectivity index (χ0) is 9.97. The monoisotopic (exact) mass is 185 g/mol. The topological polar surface area (TPSA) is 12.9 Å². The fraction of sp³-hybridized carbons (Fsp3) is 0.308. The van der Waals surface area contributed by atoms with Crippen molar-refractivity contribution in [3.63, 3.8) is 0 Å². The maximum Gasteiger partial charge on any atom is 0.0439 e. The van der Waals surface area contributed by atoms with Crippen LogP contribution in [0.5, 0.6) is 0 Å². The van der Waals surface area contributed by atoms with Gasteiger partial charge in [0.25, 0.3) is 0 Å². The molecular formula is C13H15N. The molecular weight excluding hydrogens is 170 g/mol. The van der Waals surface area contributed by atoms with Crippen molar-refractivity contribution >= 4 is 10.8 Å². The molecule has 2 aromatic rings. The van der Waals surface area contributed by atoms with Crippen LogP contribution in [0.15, 0.2) is 30.5 Å². The van der Waals surface area contributed by atoms with Crippen LogP contribution >= 0.6 is 0 Å². The van der Waals surface area contributed by atoms with E-state index in [9.17, 15) is 0 Å². The highest BCUT2D eigenvalue weighted by molar-refractivity contribution is 5.85. The normalized spacial score (nSPS) is 10.7. The number of hydrogen-bond donors (Lipinski definition) is 0. The van der Waals surface area contributed by atoms with Crippen molar-refractivity contribution in [2.24, 2.45) is 0 Å². The lowest BCUT2D eigenvalue weighted by Crippen LogP contribution is -1.94. The van der Waals surface area contributed by atoms with Gasteiger partial charge in [0.05, 0.1) is 0 Å². The second-order valence-electron chi connectivity index (χ2n) is 3.67. The minimum atomic E-state index is 1.08. The highest BCUT2D eigenvalue weighted by atomic mass is 14.7. The number of nitrogens with zero attached hydrogens (tertiary/aromatic N) is 1. The highest BCUT2D eigenvalue weighted by Gasteiger charge is 2.02. The summed E-state index contributed by atoms with van der Waals surface area (Å²) in [6, 6.07) is 8.44. The van der Waals surface area contributed by atoms with Gasteiger partial charge in [-0.15, -0.1) is 0 Å². The van der Waals surface area contributed by atoms with Gasteiger partial charge in [-0.1, -0.05) is 37.6 Å². The Hall–Kier alpha value is -1.37. The van der Waals surface area contributed by atoms with E-state index in [0.717, 1.165) is 12.8 Å². The molecule has 1 nitrogen and oxygen atoms in total. The Kier molecular flexibility index (Phi) is 2.49. The van der Waals surface area contributed by atoms with E-state index in [0.29, 0.717) is 0 Å². The van der Waals surface area contributed by atoms with Gasteiger partial charge in [-0.05, 0) is 24.3 Å². The molecule has 0 radical (unpaired) electrons. The average molecular weight is 185 g/mol. The molecule has 1 heteroatoms. The predicted molar refractivity (Wildman–Crippen MR) is 60.5 cm³/mol. The first-order valence-electron chi connectivity index (χ1n) is 5.16. The van der Waals surface area contributed by atoms with Crippen molar-refractivity contribution in [3.8, 4) is 0 Å². The first kappa shape index (κ1) is 9.20. The molecule has 0 aliphatic rings. The van der Waals surface area contributed by atoms with Gasteiger partial charge in [-0.25, -0.2) is 0 Å². The van der Waals surface area contributed by atoms with Crippen molar-refractivity contribution < 1.29 is 0 Å². The first-order valence-corrected chi connectivity index (χ1v) is 5.16. The van der Waals surface area contributed by atoms with Crippen molar-refractivity contribution in [1.82, 2.24) is 4.98 Å². The number of aryl methyl sites for hydroxylation is 2. The zero-order valence-electron chi connectivity index (χ0n) is 8.75. The van der Waals surface area contributed by atoms with E-state index in [4.69, 9.17) is 0 Å². The standard InChI is InChI=1S/C13H15N/c1-3-6-13-10(2)12-8-5-4-7-11(12)9-14-13/h4-5,7-9H,3,6H2,1-2H3. The van der Waals surface area contributed by atoms with Gasteiger partial charge in [-0.2, -0.15) is 0 Å². The van der Waals surface area contributed by atoms with E-state index in [2.05, 4.69) is 43.1 Å². The zero-order valence-corrected chi connectivity index (χ0v) is 8.75. The van der Waals surface area contributed by atoms with Crippen LogP contribution in [0, 0.1) is 6.92 Å². The molecule has 0 spiro atoms. The Bertz CT molecular complexity index is 446. The third kappa shape index (κ3) is 1.50. The lowest BCUT2D eigenvalue weighted by atomic mass is 10.0. The summed E-state index contributed by atoms with van der Waals surface area (Å²) >= 11 is 0. The molecule has 0 aliphatic carbocycles. The predicted octanol–water partition coefficient (Wildman–Crippen LogP) is 3.50. The maximum absolute atomic E-state index is 4.50. The highest BCUT2D eigenvalue weighted by Crippen LogP contribution is 2.20. The van der Waals surface area contributed by atoms with Crippen LogP contribution in [0.3, 0.4) is 0 Å². The van der Waals surface area contributed by atoms with Gasteiger partial charge in [-0.3, -0.25) is 4.98 Å². The SMILES string of the molecule is CCCc1ncc2ccccc2c1C.